The summed E-state index contributed by atoms with van der Waals surface area (Å²) in [6.07, 6.45) is -6.32. The van der Waals surface area contributed by atoms with Crippen molar-refractivity contribution in [3.63, 3.8) is 0 Å². The molecule has 0 spiro atoms. The maximum Gasteiger partial charge on any atom is 0.391 e. The fourth-order valence-corrected chi connectivity index (χ4v) is 1.33. The van der Waals surface area contributed by atoms with Crippen LogP contribution in [0.3, 0.4) is 0 Å². The second kappa shape index (κ2) is 6.78. The topological polar surface area (TPSA) is 75.6 Å². The Kier molecular flexibility index (Phi) is 5.36. The smallest absolute Gasteiger partial charge is 0.391 e. The van der Waals surface area contributed by atoms with Crippen LogP contribution in [0.25, 0.3) is 0 Å². The fraction of sp³-hybridized carbons (Fsp3) is 0.333. The Morgan fingerprint density at radius 3 is 2.35 bits per heavy atom. The molecule has 20 heavy (non-hydrogen) atoms. The van der Waals surface area contributed by atoms with E-state index < -0.39 is 37.1 Å². The third-order valence-corrected chi connectivity index (χ3v) is 2.18. The predicted molar refractivity (Wildman–Crippen MR) is 62.2 cm³/mol. The number of amides is 1. The molecule has 0 aromatic heterocycles. The van der Waals surface area contributed by atoms with Crippen LogP contribution in [-0.4, -0.2) is 35.8 Å². The first-order valence-corrected chi connectivity index (χ1v) is 5.54. The molecule has 1 unspecified atom stereocenters. The molecule has 1 atom stereocenters. The summed E-state index contributed by atoms with van der Waals surface area (Å²) in [5.41, 5.74) is 0. The molecular weight excluding hydrogens is 279 g/mol. The van der Waals surface area contributed by atoms with Crippen LogP contribution in [0.1, 0.15) is 6.42 Å². The Hall–Kier alpha value is -2.25. The van der Waals surface area contributed by atoms with Crippen LogP contribution in [0.15, 0.2) is 30.3 Å². The molecular formula is C12H12F3NO4. The zero-order chi connectivity index (χ0) is 15.2. The summed E-state index contributed by atoms with van der Waals surface area (Å²) in [5, 5.41) is 10.4. The molecule has 1 aromatic carbocycles. The fourth-order valence-electron chi connectivity index (χ4n) is 1.33. The van der Waals surface area contributed by atoms with Gasteiger partial charge in [-0.1, -0.05) is 18.2 Å². The second-order valence-electron chi connectivity index (χ2n) is 3.88. The molecule has 0 saturated carbocycles. The zero-order valence-corrected chi connectivity index (χ0v) is 10.2. The SMILES string of the molecule is O=C(COc1ccccc1)NC(CC(F)(F)F)C(=O)O. The summed E-state index contributed by atoms with van der Waals surface area (Å²) >= 11 is 0. The van der Waals surface area contributed by atoms with E-state index in [2.05, 4.69) is 0 Å². The van der Waals surface area contributed by atoms with Gasteiger partial charge in [-0.05, 0) is 12.1 Å². The number of benzene rings is 1. The molecule has 1 amide bonds. The number of halogens is 3. The van der Waals surface area contributed by atoms with E-state index in [4.69, 9.17) is 9.84 Å². The summed E-state index contributed by atoms with van der Waals surface area (Å²) in [4.78, 5) is 22.0. The van der Waals surface area contributed by atoms with E-state index in [0.29, 0.717) is 5.75 Å². The van der Waals surface area contributed by atoms with Crippen LogP contribution in [0.5, 0.6) is 5.75 Å². The van der Waals surface area contributed by atoms with Crippen molar-refractivity contribution in [1.82, 2.24) is 5.32 Å². The molecule has 0 aliphatic heterocycles. The molecule has 0 aliphatic carbocycles. The van der Waals surface area contributed by atoms with E-state index in [0.717, 1.165) is 0 Å². The van der Waals surface area contributed by atoms with Crippen LogP contribution in [0.2, 0.25) is 0 Å². The lowest BCUT2D eigenvalue weighted by Crippen LogP contribution is -2.45. The first-order valence-electron chi connectivity index (χ1n) is 5.54. The molecule has 110 valence electrons. The summed E-state index contributed by atoms with van der Waals surface area (Å²) in [5.74, 6) is -2.34. The van der Waals surface area contributed by atoms with E-state index >= 15 is 0 Å². The van der Waals surface area contributed by atoms with Crippen LogP contribution >= 0.6 is 0 Å². The first-order chi connectivity index (χ1) is 9.28. The van der Waals surface area contributed by atoms with Gasteiger partial charge < -0.3 is 15.2 Å². The second-order valence-corrected chi connectivity index (χ2v) is 3.88. The third-order valence-electron chi connectivity index (χ3n) is 2.18. The Morgan fingerprint density at radius 2 is 1.85 bits per heavy atom. The average molecular weight is 291 g/mol. The number of rotatable bonds is 6. The van der Waals surface area contributed by atoms with Crippen LogP contribution in [0.4, 0.5) is 13.2 Å². The molecule has 0 fully saturated rings. The number of carboxylic acid groups (broad SMARTS) is 1. The molecule has 1 rings (SSSR count). The van der Waals surface area contributed by atoms with E-state index in [1.807, 2.05) is 0 Å². The van der Waals surface area contributed by atoms with Gasteiger partial charge >= 0.3 is 12.1 Å². The van der Waals surface area contributed by atoms with Crippen molar-refractivity contribution in [3.05, 3.63) is 30.3 Å². The minimum atomic E-state index is -4.68. The Bertz CT molecular complexity index is 462. The quantitative estimate of drug-likeness (QED) is 0.834. The van der Waals surface area contributed by atoms with Gasteiger partial charge in [-0.3, -0.25) is 4.79 Å². The van der Waals surface area contributed by atoms with Gasteiger partial charge in [0, 0.05) is 0 Å². The largest absolute Gasteiger partial charge is 0.484 e. The van der Waals surface area contributed by atoms with Crippen molar-refractivity contribution in [1.29, 1.82) is 0 Å². The van der Waals surface area contributed by atoms with Gasteiger partial charge in [-0.2, -0.15) is 13.2 Å². The maximum absolute atomic E-state index is 12.1. The number of nitrogens with one attached hydrogen (secondary N) is 1. The lowest BCUT2D eigenvalue weighted by Gasteiger charge is -2.16. The van der Waals surface area contributed by atoms with Gasteiger partial charge in [0.25, 0.3) is 5.91 Å². The molecule has 0 heterocycles. The normalized spacial score (nSPS) is 12.6. The van der Waals surface area contributed by atoms with E-state index in [1.54, 1.807) is 35.6 Å². The number of para-hydroxylation sites is 1. The Morgan fingerprint density at radius 1 is 1.25 bits per heavy atom. The highest BCUT2D eigenvalue weighted by molar-refractivity contribution is 5.84. The number of carboxylic acids is 1. The summed E-state index contributed by atoms with van der Waals surface area (Å²) in [6, 6.07) is 6.10. The summed E-state index contributed by atoms with van der Waals surface area (Å²) in [6.45, 7) is -0.564. The highest BCUT2D eigenvalue weighted by atomic mass is 19.4. The lowest BCUT2D eigenvalue weighted by molar-refractivity contribution is -0.160. The molecule has 5 nitrogen and oxygen atoms in total. The van der Waals surface area contributed by atoms with Gasteiger partial charge in [0.05, 0.1) is 6.42 Å². The molecule has 1 aromatic rings. The van der Waals surface area contributed by atoms with Crippen LogP contribution in [-0.2, 0) is 9.59 Å². The van der Waals surface area contributed by atoms with Crippen molar-refractivity contribution in [2.75, 3.05) is 6.61 Å². The molecule has 2 N–H and O–H groups in total. The highest BCUT2D eigenvalue weighted by Crippen LogP contribution is 2.21. The number of hydrogen-bond acceptors (Lipinski definition) is 3. The van der Waals surface area contributed by atoms with Gasteiger partial charge in [0.2, 0.25) is 0 Å². The van der Waals surface area contributed by atoms with E-state index in [-0.39, 0.29) is 0 Å². The number of carbonyl (C=O) groups is 2. The minimum Gasteiger partial charge on any atom is -0.484 e. The molecule has 0 radical (unpaired) electrons. The number of ether oxygens (including phenoxy) is 1. The Balaban J connectivity index is 2.48. The zero-order valence-electron chi connectivity index (χ0n) is 10.2. The number of alkyl halides is 3. The highest BCUT2D eigenvalue weighted by Gasteiger charge is 2.36. The van der Waals surface area contributed by atoms with E-state index in [1.165, 1.54) is 0 Å². The van der Waals surface area contributed by atoms with Crippen molar-refractivity contribution in [3.8, 4) is 5.75 Å². The average Bonchev–Trinajstić information content (AvgIpc) is 2.35. The van der Waals surface area contributed by atoms with E-state index in [9.17, 15) is 22.8 Å². The first kappa shape index (κ1) is 15.8. The maximum atomic E-state index is 12.1. The Labute approximate surface area is 112 Å². The molecule has 0 saturated heterocycles. The monoisotopic (exact) mass is 291 g/mol. The summed E-state index contributed by atoms with van der Waals surface area (Å²) in [7, 11) is 0. The number of carbonyl (C=O) groups excluding carboxylic acids is 1. The van der Waals surface area contributed by atoms with Crippen LogP contribution < -0.4 is 10.1 Å². The van der Waals surface area contributed by atoms with Crippen molar-refractivity contribution in [2.45, 2.75) is 18.6 Å². The van der Waals surface area contributed by atoms with Gasteiger partial charge in [0.1, 0.15) is 11.8 Å². The third kappa shape index (κ3) is 6.07. The molecule has 0 bridgehead atoms. The molecule has 0 aliphatic rings. The molecule has 8 heteroatoms. The number of hydrogen-bond donors (Lipinski definition) is 2. The van der Waals surface area contributed by atoms with Crippen molar-refractivity contribution < 1.29 is 32.6 Å². The van der Waals surface area contributed by atoms with Gasteiger partial charge in [0.15, 0.2) is 6.61 Å². The number of aliphatic carboxylic acids is 1. The standard InChI is InChI=1S/C12H12F3NO4/c13-12(14,15)6-9(11(18)19)16-10(17)7-20-8-4-2-1-3-5-8/h1-5,9H,6-7H2,(H,16,17)(H,18,19). The van der Waals surface area contributed by atoms with Crippen molar-refractivity contribution >= 4 is 11.9 Å². The lowest BCUT2D eigenvalue weighted by atomic mass is 10.2. The van der Waals surface area contributed by atoms with Gasteiger partial charge in [-0.25, -0.2) is 4.79 Å². The predicted octanol–water partition coefficient (Wildman–Crippen LogP) is 1.59. The van der Waals surface area contributed by atoms with Crippen LogP contribution in [0, 0.1) is 0 Å². The summed E-state index contributed by atoms with van der Waals surface area (Å²) < 4.78 is 41.4. The van der Waals surface area contributed by atoms with Gasteiger partial charge in [-0.15, -0.1) is 0 Å². The van der Waals surface area contributed by atoms with Crippen molar-refractivity contribution in [2.24, 2.45) is 0 Å². The minimum absolute atomic E-state index is 0.352.